The van der Waals surface area contributed by atoms with Crippen LogP contribution in [0.3, 0.4) is 0 Å². The molecule has 1 aromatic heterocycles. The summed E-state index contributed by atoms with van der Waals surface area (Å²) < 4.78 is 13.3. The quantitative estimate of drug-likeness (QED) is 0.296. The van der Waals surface area contributed by atoms with Gasteiger partial charge in [0, 0.05) is 6.54 Å². The van der Waals surface area contributed by atoms with Crippen LogP contribution in [0.5, 0.6) is 11.5 Å². The molecule has 1 aliphatic rings. The fourth-order valence-electron chi connectivity index (χ4n) is 4.78. The lowest BCUT2D eigenvalue weighted by Gasteiger charge is -2.36. The van der Waals surface area contributed by atoms with Crippen LogP contribution in [-0.4, -0.2) is 40.7 Å². The zero-order chi connectivity index (χ0) is 24.9. The fraction of sp³-hybridized carbons (Fsp3) is 0.310. The number of piperidine rings is 1. The number of fused-ring (bicyclic) bond motifs is 1. The van der Waals surface area contributed by atoms with Crippen LogP contribution in [0.2, 0.25) is 0 Å². The van der Waals surface area contributed by atoms with Gasteiger partial charge in [0.2, 0.25) is 0 Å². The van der Waals surface area contributed by atoms with Crippen molar-refractivity contribution >= 4 is 27.5 Å². The summed E-state index contributed by atoms with van der Waals surface area (Å²) in [6.45, 7) is 4.24. The number of hydrogen-bond donors (Lipinski definition) is 1. The Morgan fingerprint density at radius 2 is 1.89 bits per heavy atom. The van der Waals surface area contributed by atoms with Crippen molar-refractivity contribution in [2.45, 2.75) is 32.4 Å². The molecule has 0 amide bonds. The minimum Gasteiger partial charge on any atom is -0.490 e. The van der Waals surface area contributed by atoms with E-state index in [1.54, 1.807) is 11.3 Å². The summed E-state index contributed by atoms with van der Waals surface area (Å²) in [5.74, 6) is 0.260. The summed E-state index contributed by atoms with van der Waals surface area (Å²) in [4.78, 5) is 19.1. The number of para-hydroxylation sites is 1. The SMILES string of the molecule is CCOc1cc(C(c2nc3ccccc3s2)N2CCCC(C(=O)O)C2)ccc1OCc1ccccc1. The Morgan fingerprint density at radius 1 is 1.08 bits per heavy atom. The van der Waals surface area contributed by atoms with E-state index in [0.29, 0.717) is 37.7 Å². The maximum Gasteiger partial charge on any atom is 0.307 e. The van der Waals surface area contributed by atoms with E-state index in [2.05, 4.69) is 17.0 Å². The first kappa shape index (κ1) is 24.3. The first-order valence-corrected chi connectivity index (χ1v) is 13.2. The van der Waals surface area contributed by atoms with E-state index in [0.717, 1.165) is 39.3 Å². The summed E-state index contributed by atoms with van der Waals surface area (Å²) in [7, 11) is 0. The Labute approximate surface area is 215 Å². The number of ether oxygens (including phenoxy) is 2. The summed E-state index contributed by atoms with van der Waals surface area (Å²) in [6.07, 6.45) is 1.55. The lowest BCUT2D eigenvalue weighted by atomic mass is 9.95. The Balaban J connectivity index is 1.51. The van der Waals surface area contributed by atoms with Gasteiger partial charge >= 0.3 is 5.97 Å². The third-order valence-corrected chi connectivity index (χ3v) is 7.62. The predicted octanol–water partition coefficient (Wildman–Crippen LogP) is 6.16. The summed E-state index contributed by atoms with van der Waals surface area (Å²) >= 11 is 1.66. The summed E-state index contributed by atoms with van der Waals surface area (Å²) in [6, 6.07) is 24.1. The zero-order valence-electron chi connectivity index (χ0n) is 20.3. The van der Waals surface area contributed by atoms with Gasteiger partial charge in [-0.2, -0.15) is 0 Å². The molecule has 2 heterocycles. The van der Waals surface area contributed by atoms with E-state index < -0.39 is 5.97 Å². The van der Waals surface area contributed by atoms with Gasteiger partial charge in [0.1, 0.15) is 11.6 Å². The molecule has 0 aliphatic carbocycles. The second-order valence-corrected chi connectivity index (χ2v) is 10.1. The third kappa shape index (κ3) is 5.37. The molecule has 5 rings (SSSR count). The molecule has 4 aromatic rings. The van der Waals surface area contributed by atoms with Crippen LogP contribution in [0.25, 0.3) is 10.2 Å². The molecule has 6 nitrogen and oxygen atoms in total. The van der Waals surface area contributed by atoms with Crippen molar-refractivity contribution in [3.63, 3.8) is 0 Å². The Bertz CT molecular complexity index is 1290. The van der Waals surface area contributed by atoms with Crippen molar-refractivity contribution < 1.29 is 19.4 Å². The highest BCUT2D eigenvalue weighted by atomic mass is 32.1. The average Bonchev–Trinajstić information content (AvgIpc) is 3.33. The van der Waals surface area contributed by atoms with Crippen molar-refractivity contribution in [3.8, 4) is 11.5 Å². The van der Waals surface area contributed by atoms with Crippen LogP contribution >= 0.6 is 11.3 Å². The Hall–Kier alpha value is -3.42. The van der Waals surface area contributed by atoms with Gasteiger partial charge < -0.3 is 14.6 Å². The van der Waals surface area contributed by atoms with Gasteiger partial charge in [-0.1, -0.05) is 48.5 Å². The molecule has 0 radical (unpaired) electrons. The van der Waals surface area contributed by atoms with Crippen molar-refractivity contribution in [2.75, 3.05) is 19.7 Å². The van der Waals surface area contributed by atoms with Gasteiger partial charge in [0.15, 0.2) is 11.5 Å². The predicted molar refractivity (Wildman–Crippen MR) is 142 cm³/mol. The number of carbonyl (C=O) groups is 1. The standard InChI is InChI=1S/C29H30N2O4S/c1-2-34-25-17-21(14-15-24(25)35-19-20-9-4-3-5-10-20)27(31-16-8-11-22(18-31)29(32)33)28-30-23-12-6-7-13-26(23)36-28/h3-7,9-10,12-15,17,22,27H,2,8,11,16,18-19H2,1H3,(H,32,33). The number of nitrogens with zero attached hydrogens (tertiary/aromatic N) is 2. The highest BCUT2D eigenvalue weighted by molar-refractivity contribution is 7.18. The van der Waals surface area contributed by atoms with E-state index in [1.165, 1.54) is 0 Å². The van der Waals surface area contributed by atoms with Crippen molar-refractivity contribution in [2.24, 2.45) is 5.92 Å². The number of thiazole rings is 1. The molecule has 0 spiro atoms. The highest BCUT2D eigenvalue weighted by Gasteiger charge is 2.33. The van der Waals surface area contributed by atoms with Gasteiger partial charge in [-0.05, 0) is 61.7 Å². The second-order valence-electron chi connectivity index (χ2n) is 9.01. The highest BCUT2D eigenvalue weighted by Crippen LogP contribution is 2.40. The molecule has 0 bridgehead atoms. The van der Waals surface area contributed by atoms with Crippen LogP contribution in [0.15, 0.2) is 72.8 Å². The van der Waals surface area contributed by atoms with Gasteiger partial charge in [0.05, 0.1) is 28.8 Å². The average molecular weight is 503 g/mol. The molecule has 1 aliphatic heterocycles. The lowest BCUT2D eigenvalue weighted by Crippen LogP contribution is -2.41. The topological polar surface area (TPSA) is 71.9 Å². The normalized spacial score (nSPS) is 17.1. The molecule has 7 heteroatoms. The van der Waals surface area contributed by atoms with Gasteiger partial charge in [0.25, 0.3) is 0 Å². The number of likely N-dealkylation sites (tertiary alicyclic amines) is 1. The molecule has 2 atom stereocenters. The molecular weight excluding hydrogens is 472 g/mol. The second kappa shape index (κ2) is 11.1. The number of hydrogen-bond acceptors (Lipinski definition) is 6. The van der Waals surface area contributed by atoms with Crippen molar-refractivity contribution in [1.82, 2.24) is 9.88 Å². The van der Waals surface area contributed by atoms with Crippen LogP contribution < -0.4 is 9.47 Å². The number of aromatic nitrogens is 1. The number of rotatable bonds is 9. The molecular formula is C29H30N2O4S. The molecule has 36 heavy (non-hydrogen) atoms. The first-order valence-electron chi connectivity index (χ1n) is 12.4. The number of benzene rings is 3. The zero-order valence-corrected chi connectivity index (χ0v) is 21.1. The van der Waals surface area contributed by atoms with Gasteiger partial charge in [-0.3, -0.25) is 9.69 Å². The van der Waals surface area contributed by atoms with Gasteiger partial charge in [-0.15, -0.1) is 11.3 Å². The van der Waals surface area contributed by atoms with E-state index in [9.17, 15) is 9.90 Å². The van der Waals surface area contributed by atoms with E-state index in [-0.39, 0.29) is 12.0 Å². The molecule has 3 aromatic carbocycles. The number of aliphatic carboxylic acids is 1. The monoisotopic (exact) mass is 502 g/mol. The minimum absolute atomic E-state index is 0.160. The summed E-state index contributed by atoms with van der Waals surface area (Å²) in [5, 5.41) is 10.7. The maximum absolute atomic E-state index is 11.8. The number of carboxylic acid groups (broad SMARTS) is 1. The van der Waals surface area contributed by atoms with Crippen LogP contribution in [0.4, 0.5) is 0 Å². The van der Waals surface area contributed by atoms with E-state index >= 15 is 0 Å². The molecule has 1 N–H and O–H groups in total. The first-order chi connectivity index (χ1) is 17.6. The maximum atomic E-state index is 11.8. The van der Waals surface area contributed by atoms with Crippen LogP contribution in [0, 0.1) is 5.92 Å². The molecule has 186 valence electrons. The van der Waals surface area contributed by atoms with E-state index in [4.69, 9.17) is 14.5 Å². The largest absolute Gasteiger partial charge is 0.490 e. The van der Waals surface area contributed by atoms with Crippen LogP contribution in [-0.2, 0) is 11.4 Å². The van der Waals surface area contributed by atoms with Crippen molar-refractivity contribution in [1.29, 1.82) is 0 Å². The minimum atomic E-state index is -0.734. The lowest BCUT2D eigenvalue weighted by molar-refractivity contribution is -0.143. The van der Waals surface area contributed by atoms with E-state index in [1.807, 2.05) is 67.6 Å². The third-order valence-electron chi connectivity index (χ3n) is 6.53. The summed E-state index contributed by atoms with van der Waals surface area (Å²) in [5.41, 5.74) is 3.07. The molecule has 0 saturated carbocycles. The molecule has 1 saturated heterocycles. The van der Waals surface area contributed by atoms with Crippen molar-refractivity contribution in [3.05, 3.63) is 88.9 Å². The molecule has 2 unspecified atom stereocenters. The number of carboxylic acids is 1. The fourth-order valence-corrected chi connectivity index (χ4v) is 5.91. The Morgan fingerprint density at radius 3 is 2.67 bits per heavy atom. The molecule has 1 fully saturated rings. The Kier molecular flexibility index (Phi) is 7.49. The van der Waals surface area contributed by atoms with Crippen LogP contribution in [0.1, 0.15) is 41.9 Å². The smallest absolute Gasteiger partial charge is 0.307 e. The van der Waals surface area contributed by atoms with Gasteiger partial charge in [-0.25, -0.2) is 4.98 Å².